The molecule has 31 heavy (non-hydrogen) atoms. The first-order valence-corrected chi connectivity index (χ1v) is 10.5. The zero-order chi connectivity index (χ0) is 21.8. The number of aryl methyl sites for hydroxylation is 2. The van der Waals surface area contributed by atoms with Crippen molar-refractivity contribution in [1.29, 1.82) is 5.26 Å². The predicted octanol–water partition coefficient (Wildman–Crippen LogP) is 4.91. The number of hydrogen-bond donors (Lipinski definition) is 1. The first-order valence-electron chi connectivity index (χ1n) is 10.5. The quantitative estimate of drug-likeness (QED) is 0.609. The Morgan fingerprint density at radius 3 is 2.81 bits per heavy atom. The fraction of sp³-hybridized carbons (Fsp3) is 0.375. The molecule has 4 rings (SSSR count). The Morgan fingerprint density at radius 1 is 1.29 bits per heavy atom. The number of ether oxygens (including phenoxy) is 1. The molecule has 0 bridgehead atoms. The van der Waals surface area contributed by atoms with Crippen molar-refractivity contribution < 1.29 is 19.2 Å². The summed E-state index contributed by atoms with van der Waals surface area (Å²) in [5, 5.41) is 23.6. The van der Waals surface area contributed by atoms with Crippen molar-refractivity contribution in [3.05, 3.63) is 58.8 Å². The summed E-state index contributed by atoms with van der Waals surface area (Å²) in [5.41, 5.74) is 4.00. The van der Waals surface area contributed by atoms with Crippen LogP contribution in [0.25, 0.3) is 11.0 Å². The van der Waals surface area contributed by atoms with Crippen LogP contribution in [0.5, 0.6) is 5.75 Å². The van der Waals surface area contributed by atoms with Gasteiger partial charge in [0.15, 0.2) is 5.58 Å². The minimum Gasteiger partial charge on any atom is -0.488 e. The molecule has 1 aliphatic heterocycles. The van der Waals surface area contributed by atoms with E-state index in [2.05, 4.69) is 11.2 Å². The number of rotatable bonds is 6. The van der Waals surface area contributed by atoms with Gasteiger partial charge in [0.2, 0.25) is 0 Å². The maximum absolute atomic E-state index is 11.0. The number of nitriles is 1. The third kappa shape index (κ3) is 4.48. The van der Waals surface area contributed by atoms with Crippen LogP contribution in [-0.2, 0) is 13.0 Å². The van der Waals surface area contributed by atoms with Crippen molar-refractivity contribution in [2.45, 2.75) is 39.2 Å². The van der Waals surface area contributed by atoms with Gasteiger partial charge < -0.3 is 19.3 Å². The molecule has 1 aliphatic rings. The Bertz CT molecular complexity index is 1120. The van der Waals surface area contributed by atoms with Crippen LogP contribution in [0.3, 0.4) is 0 Å². The van der Waals surface area contributed by atoms with E-state index in [1.807, 2.05) is 37.3 Å². The van der Waals surface area contributed by atoms with E-state index < -0.39 is 6.09 Å². The van der Waals surface area contributed by atoms with E-state index in [-0.39, 0.29) is 0 Å². The smallest absolute Gasteiger partial charge is 0.407 e. The van der Waals surface area contributed by atoms with Crippen molar-refractivity contribution in [2.24, 2.45) is 5.92 Å². The van der Waals surface area contributed by atoms with Crippen LogP contribution >= 0.6 is 0 Å². The maximum atomic E-state index is 11.0. The van der Waals surface area contributed by atoms with Crippen LogP contribution in [0.15, 0.2) is 40.9 Å². The number of amides is 1. The molecular formula is C24H25N3O4. The monoisotopic (exact) mass is 419 g/mol. The predicted molar refractivity (Wildman–Crippen MR) is 115 cm³/mol. The molecule has 0 aliphatic carbocycles. The van der Waals surface area contributed by atoms with Gasteiger partial charge in [0.05, 0.1) is 17.3 Å². The minimum absolute atomic E-state index is 0.312. The summed E-state index contributed by atoms with van der Waals surface area (Å²) in [6, 6.07) is 13.5. The highest BCUT2D eigenvalue weighted by atomic mass is 16.5. The summed E-state index contributed by atoms with van der Waals surface area (Å²) < 4.78 is 11.6. The molecule has 7 heteroatoms. The van der Waals surface area contributed by atoms with Gasteiger partial charge in [-0.3, -0.25) is 0 Å². The molecule has 1 saturated heterocycles. The fourth-order valence-corrected chi connectivity index (χ4v) is 4.17. The van der Waals surface area contributed by atoms with Crippen molar-refractivity contribution in [3.63, 3.8) is 0 Å². The van der Waals surface area contributed by atoms with Crippen LogP contribution in [0, 0.1) is 24.2 Å². The Morgan fingerprint density at radius 2 is 2.06 bits per heavy atom. The average Bonchev–Trinajstić information content (AvgIpc) is 3.21. The molecule has 0 atom stereocenters. The number of likely N-dealkylation sites (tertiary alicyclic amines) is 1. The number of hydrogen-bond acceptors (Lipinski definition) is 5. The highest BCUT2D eigenvalue weighted by Crippen LogP contribution is 2.31. The zero-order valence-electron chi connectivity index (χ0n) is 17.5. The van der Waals surface area contributed by atoms with E-state index in [0.717, 1.165) is 53.5 Å². The number of fused-ring (bicyclic) bond motifs is 1. The SMILES string of the molecule is Cc1c(OCc2ccccc2C#N)ccc2c(CCC3CCN(C(=O)O)CC3)noc12. The Balaban J connectivity index is 1.41. The summed E-state index contributed by atoms with van der Waals surface area (Å²) in [4.78, 5) is 12.5. The largest absolute Gasteiger partial charge is 0.488 e. The Labute approximate surface area is 180 Å². The lowest BCUT2D eigenvalue weighted by atomic mass is 9.91. The molecule has 0 radical (unpaired) electrons. The summed E-state index contributed by atoms with van der Waals surface area (Å²) in [7, 11) is 0. The average molecular weight is 419 g/mol. The molecule has 0 spiro atoms. The second-order valence-electron chi connectivity index (χ2n) is 8.00. The van der Waals surface area contributed by atoms with Gasteiger partial charge in [-0.05, 0) is 56.7 Å². The molecule has 1 amide bonds. The van der Waals surface area contributed by atoms with Crippen LogP contribution in [-0.4, -0.2) is 34.3 Å². The fourth-order valence-electron chi connectivity index (χ4n) is 4.17. The summed E-state index contributed by atoms with van der Waals surface area (Å²) in [5.74, 6) is 1.22. The van der Waals surface area contributed by atoms with Crippen molar-refractivity contribution in [2.75, 3.05) is 13.1 Å². The van der Waals surface area contributed by atoms with Gasteiger partial charge in [-0.25, -0.2) is 4.79 Å². The molecule has 0 unspecified atom stereocenters. The Kier molecular flexibility index (Phi) is 6.08. The number of carboxylic acid groups (broad SMARTS) is 1. The first-order chi connectivity index (χ1) is 15.1. The molecule has 2 aromatic carbocycles. The molecule has 1 N–H and O–H groups in total. The summed E-state index contributed by atoms with van der Waals surface area (Å²) in [6.07, 6.45) is 2.73. The molecule has 1 aromatic heterocycles. The molecule has 0 saturated carbocycles. The van der Waals surface area contributed by atoms with Gasteiger partial charge in [0.25, 0.3) is 0 Å². The summed E-state index contributed by atoms with van der Waals surface area (Å²) >= 11 is 0. The number of aromatic nitrogens is 1. The molecule has 3 aromatic rings. The van der Waals surface area contributed by atoms with Gasteiger partial charge in [-0.2, -0.15) is 5.26 Å². The second kappa shape index (κ2) is 9.09. The van der Waals surface area contributed by atoms with Gasteiger partial charge in [0, 0.05) is 29.6 Å². The van der Waals surface area contributed by atoms with E-state index >= 15 is 0 Å². The number of carbonyl (C=O) groups is 1. The van der Waals surface area contributed by atoms with Crippen molar-refractivity contribution >= 4 is 17.1 Å². The Hall–Kier alpha value is -3.53. The molecule has 1 fully saturated rings. The van der Waals surface area contributed by atoms with Crippen molar-refractivity contribution in [3.8, 4) is 11.8 Å². The van der Waals surface area contributed by atoms with E-state index in [0.29, 0.717) is 36.9 Å². The third-order valence-electron chi connectivity index (χ3n) is 6.11. The summed E-state index contributed by atoms with van der Waals surface area (Å²) in [6.45, 7) is 3.47. The van der Waals surface area contributed by atoms with Crippen LogP contribution in [0.1, 0.15) is 41.6 Å². The van der Waals surface area contributed by atoms with Crippen molar-refractivity contribution in [1.82, 2.24) is 10.1 Å². The minimum atomic E-state index is -0.828. The lowest BCUT2D eigenvalue weighted by Gasteiger charge is -2.29. The van der Waals surface area contributed by atoms with Crippen LogP contribution in [0.2, 0.25) is 0 Å². The molecule has 2 heterocycles. The van der Waals surface area contributed by atoms with Crippen LogP contribution in [0.4, 0.5) is 4.79 Å². The number of piperidine rings is 1. The van der Waals surface area contributed by atoms with Gasteiger partial charge in [-0.1, -0.05) is 23.4 Å². The van der Waals surface area contributed by atoms with E-state index in [4.69, 9.17) is 14.4 Å². The zero-order valence-corrected chi connectivity index (χ0v) is 17.5. The topological polar surface area (TPSA) is 99.6 Å². The van der Waals surface area contributed by atoms with Gasteiger partial charge in [0.1, 0.15) is 12.4 Å². The standard InChI is InChI=1S/C24H25N3O4/c1-16-22(30-15-19-5-3-2-4-18(19)14-25)9-7-20-21(26-31-23(16)20)8-6-17-10-12-27(13-11-17)24(28)29/h2-5,7,9,17H,6,8,10-13,15H2,1H3,(H,28,29). The van der Waals surface area contributed by atoms with Crippen LogP contribution < -0.4 is 4.74 Å². The van der Waals surface area contributed by atoms with E-state index in [9.17, 15) is 10.1 Å². The van der Waals surface area contributed by atoms with E-state index in [1.165, 1.54) is 4.90 Å². The molecule has 160 valence electrons. The number of benzene rings is 2. The lowest BCUT2D eigenvalue weighted by molar-refractivity contribution is 0.123. The highest BCUT2D eigenvalue weighted by molar-refractivity contribution is 5.84. The number of nitrogens with zero attached hydrogens (tertiary/aromatic N) is 3. The lowest BCUT2D eigenvalue weighted by Crippen LogP contribution is -2.37. The third-order valence-corrected chi connectivity index (χ3v) is 6.11. The second-order valence-corrected chi connectivity index (χ2v) is 8.00. The maximum Gasteiger partial charge on any atom is 0.407 e. The van der Waals surface area contributed by atoms with Gasteiger partial charge in [-0.15, -0.1) is 0 Å². The normalized spacial score (nSPS) is 14.5. The van der Waals surface area contributed by atoms with Gasteiger partial charge >= 0.3 is 6.09 Å². The molecular weight excluding hydrogens is 394 g/mol. The first kappa shape index (κ1) is 20.7. The van der Waals surface area contributed by atoms with E-state index in [1.54, 1.807) is 6.07 Å². The molecule has 7 nitrogen and oxygen atoms in total. The highest BCUT2D eigenvalue weighted by Gasteiger charge is 2.23.